The highest BCUT2D eigenvalue weighted by Gasteiger charge is 2.21. The molecule has 0 radical (unpaired) electrons. The molecule has 1 saturated heterocycles. The number of rotatable bonds is 4. The van der Waals surface area contributed by atoms with Gasteiger partial charge in [-0.15, -0.1) is 0 Å². The molecule has 1 unspecified atom stereocenters. The number of carboxylic acid groups (broad SMARTS) is 1. The summed E-state index contributed by atoms with van der Waals surface area (Å²) < 4.78 is 0. The zero-order valence-electron chi connectivity index (χ0n) is 9.03. The first-order valence-corrected chi connectivity index (χ1v) is 5.40. The minimum atomic E-state index is -0.872. The smallest absolute Gasteiger partial charge is 0.317 e. The van der Waals surface area contributed by atoms with Crippen molar-refractivity contribution in [3.63, 3.8) is 0 Å². The first-order valence-electron chi connectivity index (χ1n) is 5.40. The van der Waals surface area contributed by atoms with E-state index in [9.17, 15) is 9.59 Å². The quantitative estimate of drug-likeness (QED) is 0.734. The van der Waals surface area contributed by atoms with Gasteiger partial charge in [-0.3, -0.25) is 4.79 Å². The fourth-order valence-corrected chi connectivity index (χ4v) is 1.69. The Morgan fingerprint density at radius 3 is 2.47 bits per heavy atom. The van der Waals surface area contributed by atoms with Crippen molar-refractivity contribution in [2.75, 3.05) is 13.1 Å². The monoisotopic (exact) mass is 214 g/mol. The summed E-state index contributed by atoms with van der Waals surface area (Å²) in [6, 6.07) is -0.379. The van der Waals surface area contributed by atoms with Crippen molar-refractivity contribution in [3.8, 4) is 0 Å². The van der Waals surface area contributed by atoms with Crippen molar-refractivity contribution in [2.45, 2.75) is 38.6 Å². The molecular formula is C10H18N2O3. The van der Waals surface area contributed by atoms with Gasteiger partial charge in [0.2, 0.25) is 0 Å². The van der Waals surface area contributed by atoms with E-state index in [1.807, 2.05) is 6.92 Å². The molecule has 0 aromatic rings. The molecule has 1 aliphatic heterocycles. The van der Waals surface area contributed by atoms with Gasteiger partial charge in [0.25, 0.3) is 0 Å². The maximum Gasteiger partial charge on any atom is 0.317 e. The Hall–Kier alpha value is -1.26. The number of urea groups is 1. The van der Waals surface area contributed by atoms with Crippen LogP contribution in [0.4, 0.5) is 4.79 Å². The number of carboxylic acids is 1. The third-order valence-electron chi connectivity index (χ3n) is 2.63. The highest BCUT2D eigenvalue weighted by atomic mass is 16.4. The molecule has 0 aromatic carbocycles. The number of hydrogen-bond acceptors (Lipinski definition) is 2. The third-order valence-corrected chi connectivity index (χ3v) is 2.63. The van der Waals surface area contributed by atoms with Crippen LogP contribution >= 0.6 is 0 Å². The molecule has 0 aromatic heterocycles. The number of nitrogens with zero attached hydrogens (tertiary/aromatic N) is 1. The number of hydrogen-bond donors (Lipinski definition) is 2. The Morgan fingerprint density at radius 2 is 2.00 bits per heavy atom. The summed E-state index contributed by atoms with van der Waals surface area (Å²) in [7, 11) is 0. The lowest BCUT2D eigenvalue weighted by atomic mass is 10.1. The molecular weight excluding hydrogens is 196 g/mol. The molecule has 2 N–H and O–H groups in total. The molecule has 0 spiro atoms. The van der Waals surface area contributed by atoms with Crippen molar-refractivity contribution >= 4 is 12.0 Å². The van der Waals surface area contributed by atoms with Crippen molar-refractivity contribution in [1.82, 2.24) is 10.2 Å². The van der Waals surface area contributed by atoms with Crippen molar-refractivity contribution < 1.29 is 14.7 Å². The van der Waals surface area contributed by atoms with Crippen LogP contribution in [0.5, 0.6) is 0 Å². The maximum absolute atomic E-state index is 11.6. The Morgan fingerprint density at radius 1 is 1.40 bits per heavy atom. The first-order chi connectivity index (χ1) is 7.13. The molecule has 0 aliphatic carbocycles. The molecule has 1 heterocycles. The number of aliphatic carboxylic acids is 1. The number of carbonyl (C=O) groups excluding carboxylic acids is 1. The Kier molecular flexibility index (Phi) is 4.39. The van der Waals surface area contributed by atoms with Gasteiger partial charge in [-0.1, -0.05) is 6.92 Å². The predicted octanol–water partition coefficient (Wildman–Crippen LogP) is 1.05. The van der Waals surface area contributed by atoms with Crippen LogP contribution in [0.15, 0.2) is 0 Å². The van der Waals surface area contributed by atoms with Gasteiger partial charge in [0.15, 0.2) is 0 Å². The topological polar surface area (TPSA) is 69.6 Å². The lowest BCUT2D eigenvalue weighted by molar-refractivity contribution is -0.137. The summed E-state index contributed by atoms with van der Waals surface area (Å²) in [6.07, 6.45) is 2.73. The van der Waals surface area contributed by atoms with E-state index in [1.165, 1.54) is 0 Å². The van der Waals surface area contributed by atoms with E-state index >= 15 is 0 Å². The van der Waals surface area contributed by atoms with Gasteiger partial charge in [0, 0.05) is 19.1 Å². The zero-order chi connectivity index (χ0) is 11.3. The van der Waals surface area contributed by atoms with Crippen molar-refractivity contribution in [3.05, 3.63) is 0 Å². The van der Waals surface area contributed by atoms with E-state index in [2.05, 4.69) is 5.32 Å². The van der Waals surface area contributed by atoms with Gasteiger partial charge < -0.3 is 15.3 Å². The summed E-state index contributed by atoms with van der Waals surface area (Å²) in [4.78, 5) is 23.9. The van der Waals surface area contributed by atoms with Crippen molar-refractivity contribution in [2.24, 2.45) is 0 Å². The minimum absolute atomic E-state index is 0.00389. The van der Waals surface area contributed by atoms with Crippen LogP contribution in [0.3, 0.4) is 0 Å². The fourth-order valence-electron chi connectivity index (χ4n) is 1.69. The third kappa shape index (κ3) is 3.77. The van der Waals surface area contributed by atoms with E-state index in [0.29, 0.717) is 6.42 Å². The minimum Gasteiger partial charge on any atom is -0.481 e. The van der Waals surface area contributed by atoms with E-state index < -0.39 is 5.97 Å². The summed E-state index contributed by atoms with van der Waals surface area (Å²) in [5, 5.41) is 11.4. The first kappa shape index (κ1) is 11.8. The van der Waals surface area contributed by atoms with Gasteiger partial charge in [-0.05, 0) is 19.3 Å². The van der Waals surface area contributed by atoms with Crippen LogP contribution in [0.1, 0.15) is 32.6 Å². The highest BCUT2D eigenvalue weighted by molar-refractivity contribution is 5.76. The normalized spacial score (nSPS) is 17.5. The van der Waals surface area contributed by atoms with E-state index in [-0.39, 0.29) is 18.5 Å². The fraction of sp³-hybridized carbons (Fsp3) is 0.800. The molecule has 0 bridgehead atoms. The molecule has 86 valence electrons. The Labute approximate surface area is 89.4 Å². The molecule has 1 atom stereocenters. The summed E-state index contributed by atoms with van der Waals surface area (Å²) in [5.74, 6) is -0.872. The highest BCUT2D eigenvalue weighted by Crippen LogP contribution is 2.08. The molecule has 15 heavy (non-hydrogen) atoms. The molecule has 1 fully saturated rings. The number of likely N-dealkylation sites (tertiary alicyclic amines) is 1. The van der Waals surface area contributed by atoms with Crippen LogP contribution in [-0.2, 0) is 4.79 Å². The summed E-state index contributed by atoms with van der Waals surface area (Å²) in [6.45, 7) is 3.45. The van der Waals surface area contributed by atoms with E-state index in [0.717, 1.165) is 25.9 Å². The Bertz CT molecular complexity index is 237. The van der Waals surface area contributed by atoms with Gasteiger partial charge in [0.05, 0.1) is 6.42 Å². The number of carbonyl (C=O) groups is 2. The second kappa shape index (κ2) is 5.58. The molecule has 5 nitrogen and oxygen atoms in total. The molecule has 1 rings (SSSR count). The van der Waals surface area contributed by atoms with Crippen LogP contribution in [-0.4, -0.2) is 41.1 Å². The summed E-state index contributed by atoms with van der Waals surface area (Å²) >= 11 is 0. The van der Waals surface area contributed by atoms with Gasteiger partial charge in [-0.25, -0.2) is 4.79 Å². The molecule has 0 saturated carbocycles. The number of nitrogens with one attached hydrogen (secondary N) is 1. The van der Waals surface area contributed by atoms with Gasteiger partial charge >= 0.3 is 12.0 Å². The maximum atomic E-state index is 11.6. The average molecular weight is 214 g/mol. The second-order valence-corrected chi connectivity index (χ2v) is 3.85. The van der Waals surface area contributed by atoms with E-state index in [1.54, 1.807) is 4.90 Å². The predicted molar refractivity (Wildman–Crippen MR) is 55.7 cm³/mol. The lowest BCUT2D eigenvalue weighted by Gasteiger charge is -2.21. The SMILES string of the molecule is CCC(CC(=O)O)NC(=O)N1CCCC1. The van der Waals surface area contributed by atoms with Gasteiger partial charge in [0.1, 0.15) is 0 Å². The molecule has 5 heteroatoms. The van der Waals surface area contributed by atoms with Crippen LogP contribution < -0.4 is 5.32 Å². The van der Waals surface area contributed by atoms with E-state index in [4.69, 9.17) is 5.11 Å². The average Bonchev–Trinajstić information content (AvgIpc) is 2.68. The molecule has 2 amide bonds. The van der Waals surface area contributed by atoms with Crippen LogP contribution in [0.25, 0.3) is 0 Å². The zero-order valence-corrected chi connectivity index (χ0v) is 9.03. The lowest BCUT2D eigenvalue weighted by Crippen LogP contribution is -2.44. The second-order valence-electron chi connectivity index (χ2n) is 3.85. The molecule has 1 aliphatic rings. The standard InChI is InChI=1S/C10H18N2O3/c1-2-8(7-9(13)14)11-10(15)12-5-3-4-6-12/h8H,2-7H2,1H3,(H,11,15)(H,13,14). The van der Waals surface area contributed by atoms with Crippen LogP contribution in [0.2, 0.25) is 0 Å². The largest absolute Gasteiger partial charge is 0.481 e. The van der Waals surface area contributed by atoms with Crippen molar-refractivity contribution in [1.29, 1.82) is 0 Å². The Balaban J connectivity index is 2.36. The van der Waals surface area contributed by atoms with Gasteiger partial charge in [-0.2, -0.15) is 0 Å². The number of amides is 2. The van der Waals surface area contributed by atoms with Crippen LogP contribution in [0, 0.1) is 0 Å². The summed E-state index contributed by atoms with van der Waals surface area (Å²) in [5.41, 5.74) is 0.